The van der Waals surface area contributed by atoms with Crippen LogP contribution in [0.15, 0.2) is 0 Å². The van der Waals surface area contributed by atoms with Crippen molar-refractivity contribution in [1.29, 1.82) is 0 Å². The van der Waals surface area contributed by atoms with Gasteiger partial charge in [0.15, 0.2) is 0 Å². The van der Waals surface area contributed by atoms with Gasteiger partial charge in [0.2, 0.25) is 5.91 Å². The number of amides is 1. The molecule has 2 fully saturated rings. The van der Waals surface area contributed by atoms with Crippen LogP contribution in [-0.4, -0.2) is 40.3 Å². The van der Waals surface area contributed by atoms with E-state index in [4.69, 9.17) is 11.6 Å². The van der Waals surface area contributed by atoms with Gasteiger partial charge in [-0.05, 0) is 50.7 Å². The Morgan fingerprint density at radius 1 is 1.53 bits per heavy atom. The van der Waals surface area contributed by atoms with Crippen LogP contribution < -0.4 is 0 Å². The van der Waals surface area contributed by atoms with E-state index in [1.165, 1.54) is 12.8 Å². The Kier molecular flexibility index (Phi) is 4.65. The van der Waals surface area contributed by atoms with Crippen LogP contribution in [0.25, 0.3) is 0 Å². The molecule has 0 aromatic rings. The number of carbonyl (C=O) groups is 1. The SMILES string of the molecule is CC1(C(=O)N2CCCC(CCCl)C2)CCCS1. The third-order valence-electron chi connectivity index (χ3n) is 3.99. The van der Waals surface area contributed by atoms with E-state index in [0.717, 1.165) is 44.0 Å². The fourth-order valence-electron chi connectivity index (χ4n) is 2.92. The minimum absolute atomic E-state index is 0.136. The summed E-state index contributed by atoms with van der Waals surface area (Å²) in [7, 11) is 0. The molecule has 2 heterocycles. The molecule has 0 radical (unpaired) electrons. The first-order valence-corrected chi connectivity index (χ1v) is 8.17. The Labute approximate surface area is 113 Å². The summed E-state index contributed by atoms with van der Waals surface area (Å²) in [6.07, 6.45) is 5.67. The minimum Gasteiger partial charge on any atom is -0.341 e. The Morgan fingerprint density at radius 3 is 3.00 bits per heavy atom. The maximum atomic E-state index is 12.5. The molecule has 1 amide bonds. The molecule has 2 rings (SSSR count). The Hall–Kier alpha value is 0.110. The van der Waals surface area contributed by atoms with E-state index >= 15 is 0 Å². The smallest absolute Gasteiger partial charge is 0.238 e. The summed E-state index contributed by atoms with van der Waals surface area (Å²) in [6, 6.07) is 0. The lowest BCUT2D eigenvalue weighted by Gasteiger charge is -2.37. The van der Waals surface area contributed by atoms with E-state index in [1.54, 1.807) is 0 Å². The van der Waals surface area contributed by atoms with Crippen LogP contribution in [0, 0.1) is 5.92 Å². The van der Waals surface area contributed by atoms with E-state index in [2.05, 4.69) is 11.8 Å². The van der Waals surface area contributed by atoms with Gasteiger partial charge in [0.1, 0.15) is 0 Å². The van der Waals surface area contributed by atoms with Crippen LogP contribution >= 0.6 is 23.4 Å². The maximum Gasteiger partial charge on any atom is 0.238 e. The van der Waals surface area contributed by atoms with Gasteiger partial charge >= 0.3 is 0 Å². The van der Waals surface area contributed by atoms with Crippen molar-refractivity contribution in [3.05, 3.63) is 0 Å². The second-order valence-electron chi connectivity index (χ2n) is 5.42. The molecular formula is C13H22ClNOS. The van der Waals surface area contributed by atoms with Gasteiger partial charge in [-0.3, -0.25) is 4.79 Å². The first-order chi connectivity index (χ1) is 8.15. The van der Waals surface area contributed by atoms with Gasteiger partial charge in [0, 0.05) is 19.0 Å². The Morgan fingerprint density at radius 2 is 2.35 bits per heavy atom. The number of hydrogen-bond acceptors (Lipinski definition) is 2. The highest BCUT2D eigenvalue weighted by atomic mass is 35.5. The fourth-order valence-corrected chi connectivity index (χ4v) is 4.51. The fraction of sp³-hybridized carbons (Fsp3) is 0.923. The predicted octanol–water partition coefficient (Wildman–Crippen LogP) is 3.14. The molecule has 0 aromatic carbocycles. The van der Waals surface area contributed by atoms with Crippen LogP contribution in [0.1, 0.15) is 39.0 Å². The number of likely N-dealkylation sites (tertiary alicyclic amines) is 1. The third-order valence-corrected chi connectivity index (χ3v) is 5.72. The van der Waals surface area contributed by atoms with Crippen LogP contribution in [0.5, 0.6) is 0 Å². The van der Waals surface area contributed by atoms with Crippen molar-refractivity contribution in [2.75, 3.05) is 24.7 Å². The molecule has 2 atom stereocenters. The molecule has 2 aliphatic heterocycles. The monoisotopic (exact) mass is 275 g/mol. The predicted molar refractivity (Wildman–Crippen MR) is 74.7 cm³/mol. The molecule has 17 heavy (non-hydrogen) atoms. The van der Waals surface area contributed by atoms with Gasteiger partial charge in [0.25, 0.3) is 0 Å². The number of halogens is 1. The summed E-state index contributed by atoms with van der Waals surface area (Å²) in [6.45, 7) is 4.01. The van der Waals surface area contributed by atoms with Crippen LogP contribution in [0.4, 0.5) is 0 Å². The number of thioether (sulfide) groups is 1. The van der Waals surface area contributed by atoms with Crippen molar-refractivity contribution >= 4 is 29.3 Å². The molecule has 2 nitrogen and oxygen atoms in total. The third kappa shape index (κ3) is 3.11. The normalized spacial score (nSPS) is 34.0. The molecule has 0 spiro atoms. The molecule has 0 aromatic heterocycles. The van der Waals surface area contributed by atoms with Crippen molar-refractivity contribution in [1.82, 2.24) is 4.90 Å². The summed E-state index contributed by atoms with van der Waals surface area (Å²) in [4.78, 5) is 14.6. The summed E-state index contributed by atoms with van der Waals surface area (Å²) in [5, 5.41) is 0. The largest absolute Gasteiger partial charge is 0.341 e. The highest BCUT2D eigenvalue weighted by Gasteiger charge is 2.40. The van der Waals surface area contributed by atoms with Crippen molar-refractivity contribution < 1.29 is 4.79 Å². The lowest BCUT2D eigenvalue weighted by atomic mass is 9.94. The molecule has 4 heteroatoms. The zero-order valence-corrected chi connectivity index (χ0v) is 12.2. The van der Waals surface area contributed by atoms with Gasteiger partial charge in [-0.2, -0.15) is 0 Å². The minimum atomic E-state index is -0.136. The quantitative estimate of drug-likeness (QED) is 0.738. The highest BCUT2D eigenvalue weighted by Crippen LogP contribution is 2.40. The molecule has 2 saturated heterocycles. The molecule has 0 N–H and O–H groups in total. The summed E-state index contributed by atoms with van der Waals surface area (Å²) in [5.41, 5.74) is 0. The molecule has 0 saturated carbocycles. The average Bonchev–Trinajstić information content (AvgIpc) is 2.77. The van der Waals surface area contributed by atoms with Gasteiger partial charge in [-0.1, -0.05) is 0 Å². The van der Waals surface area contributed by atoms with Gasteiger partial charge in [-0.25, -0.2) is 0 Å². The first kappa shape index (κ1) is 13.5. The Bertz CT molecular complexity index is 277. The second kappa shape index (κ2) is 5.83. The topological polar surface area (TPSA) is 20.3 Å². The van der Waals surface area contributed by atoms with E-state index in [9.17, 15) is 4.79 Å². The lowest BCUT2D eigenvalue weighted by Crippen LogP contribution is -2.48. The zero-order chi connectivity index (χ0) is 12.3. The molecule has 2 aliphatic rings. The number of rotatable bonds is 3. The first-order valence-electron chi connectivity index (χ1n) is 6.65. The van der Waals surface area contributed by atoms with E-state index in [-0.39, 0.29) is 4.75 Å². The summed E-state index contributed by atoms with van der Waals surface area (Å²) >= 11 is 7.65. The average molecular weight is 276 g/mol. The zero-order valence-electron chi connectivity index (χ0n) is 10.6. The van der Waals surface area contributed by atoms with Crippen LogP contribution in [0.2, 0.25) is 0 Å². The lowest BCUT2D eigenvalue weighted by molar-refractivity contribution is -0.135. The number of carbonyl (C=O) groups excluding carboxylic acids is 1. The second-order valence-corrected chi connectivity index (χ2v) is 7.40. The van der Waals surface area contributed by atoms with Gasteiger partial charge < -0.3 is 4.90 Å². The standard InChI is InChI=1S/C13H22ClNOS/c1-13(6-3-9-17-13)12(16)15-8-2-4-11(10-15)5-7-14/h11H,2-10H2,1H3. The van der Waals surface area contributed by atoms with E-state index < -0.39 is 0 Å². The molecular weight excluding hydrogens is 254 g/mol. The molecule has 0 aliphatic carbocycles. The van der Waals surface area contributed by atoms with E-state index in [0.29, 0.717) is 11.8 Å². The summed E-state index contributed by atoms with van der Waals surface area (Å²) < 4.78 is -0.136. The maximum absolute atomic E-state index is 12.5. The number of alkyl halides is 1. The van der Waals surface area contributed by atoms with Crippen LogP contribution in [-0.2, 0) is 4.79 Å². The molecule has 98 valence electrons. The number of piperidine rings is 1. The highest BCUT2D eigenvalue weighted by molar-refractivity contribution is 8.01. The Balaban J connectivity index is 1.94. The van der Waals surface area contributed by atoms with Crippen LogP contribution in [0.3, 0.4) is 0 Å². The molecule has 0 bridgehead atoms. The summed E-state index contributed by atoms with van der Waals surface area (Å²) in [5.74, 6) is 2.86. The number of hydrogen-bond donors (Lipinski definition) is 0. The van der Waals surface area contributed by atoms with Crippen molar-refractivity contribution in [2.45, 2.75) is 43.8 Å². The van der Waals surface area contributed by atoms with E-state index in [1.807, 2.05) is 11.8 Å². The molecule has 2 unspecified atom stereocenters. The van der Waals surface area contributed by atoms with Gasteiger partial charge in [-0.15, -0.1) is 23.4 Å². The van der Waals surface area contributed by atoms with Crippen molar-refractivity contribution in [3.63, 3.8) is 0 Å². The number of nitrogens with zero attached hydrogens (tertiary/aromatic N) is 1. The van der Waals surface area contributed by atoms with Crippen molar-refractivity contribution in [2.24, 2.45) is 5.92 Å². The van der Waals surface area contributed by atoms with Crippen molar-refractivity contribution in [3.8, 4) is 0 Å². The van der Waals surface area contributed by atoms with Gasteiger partial charge in [0.05, 0.1) is 4.75 Å².